The van der Waals surface area contributed by atoms with Gasteiger partial charge in [-0.1, -0.05) is 70.8 Å². The quantitative estimate of drug-likeness (QED) is 0.322. The van der Waals surface area contributed by atoms with Crippen molar-refractivity contribution < 1.29 is 0 Å². The minimum absolute atomic E-state index is 1.03. The van der Waals surface area contributed by atoms with E-state index in [1.807, 2.05) is 6.08 Å². The standard InChI is InChI=1S/C16H33N/c1-4-6-7-8-9-10-11-12-13-14-16-17(3)15-5-2/h5H,2,4,6-16H2,1,3H3. The molecule has 0 saturated carbocycles. The molecule has 102 valence electrons. The van der Waals surface area contributed by atoms with Crippen LogP contribution in [0.2, 0.25) is 0 Å². The third kappa shape index (κ3) is 13.6. The Labute approximate surface area is 109 Å². The topological polar surface area (TPSA) is 3.24 Å². The van der Waals surface area contributed by atoms with Gasteiger partial charge < -0.3 is 4.90 Å². The molecule has 1 nitrogen and oxygen atoms in total. The second kappa shape index (κ2) is 13.8. The average Bonchev–Trinajstić information content (AvgIpc) is 2.32. The Bertz CT molecular complexity index is 154. The summed E-state index contributed by atoms with van der Waals surface area (Å²) in [6.45, 7) is 8.29. The van der Waals surface area contributed by atoms with Crippen LogP contribution in [0.3, 0.4) is 0 Å². The maximum absolute atomic E-state index is 3.76. The molecule has 0 amide bonds. The summed E-state index contributed by atoms with van der Waals surface area (Å²) in [6.07, 6.45) is 16.2. The predicted octanol–water partition coefficient (Wildman–Crippen LogP) is 5.03. The van der Waals surface area contributed by atoms with E-state index in [0.717, 1.165) is 6.54 Å². The monoisotopic (exact) mass is 239 g/mol. The average molecular weight is 239 g/mol. The van der Waals surface area contributed by atoms with Gasteiger partial charge in [-0.2, -0.15) is 0 Å². The molecule has 0 aromatic rings. The molecule has 0 aromatic carbocycles. The molecule has 1 heteroatoms. The van der Waals surface area contributed by atoms with Crippen molar-refractivity contribution in [3.8, 4) is 0 Å². The Hall–Kier alpha value is -0.300. The number of unbranched alkanes of at least 4 members (excludes halogenated alkanes) is 9. The van der Waals surface area contributed by atoms with Gasteiger partial charge in [0, 0.05) is 6.54 Å². The van der Waals surface area contributed by atoms with Crippen LogP contribution in [0.15, 0.2) is 12.7 Å². The van der Waals surface area contributed by atoms with Gasteiger partial charge in [-0.15, -0.1) is 6.58 Å². The fraction of sp³-hybridized carbons (Fsp3) is 0.875. The Morgan fingerprint density at radius 3 is 1.76 bits per heavy atom. The molecule has 0 aromatic heterocycles. The van der Waals surface area contributed by atoms with Gasteiger partial charge in [0.2, 0.25) is 0 Å². The minimum Gasteiger partial charge on any atom is -0.303 e. The summed E-state index contributed by atoms with van der Waals surface area (Å²) in [4.78, 5) is 2.34. The van der Waals surface area contributed by atoms with E-state index in [0.29, 0.717) is 0 Å². The summed E-state index contributed by atoms with van der Waals surface area (Å²) >= 11 is 0. The van der Waals surface area contributed by atoms with Crippen LogP contribution in [0.4, 0.5) is 0 Å². The fourth-order valence-corrected chi connectivity index (χ4v) is 2.18. The fourth-order valence-electron chi connectivity index (χ4n) is 2.18. The van der Waals surface area contributed by atoms with Gasteiger partial charge in [-0.25, -0.2) is 0 Å². The number of likely N-dealkylation sites (N-methyl/N-ethyl adjacent to an activating group) is 1. The molecule has 0 unspecified atom stereocenters. The lowest BCUT2D eigenvalue weighted by Gasteiger charge is -2.13. The number of hydrogen-bond donors (Lipinski definition) is 0. The molecule has 0 bridgehead atoms. The lowest BCUT2D eigenvalue weighted by Crippen LogP contribution is -2.19. The summed E-state index contributed by atoms with van der Waals surface area (Å²) < 4.78 is 0. The molecule has 0 N–H and O–H groups in total. The maximum atomic E-state index is 3.76. The van der Waals surface area contributed by atoms with E-state index >= 15 is 0 Å². The van der Waals surface area contributed by atoms with Crippen LogP contribution < -0.4 is 0 Å². The zero-order valence-corrected chi connectivity index (χ0v) is 12.2. The van der Waals surface area contributed by atoms with E-state index in [1.165, 1.54) is 70.8 Å². The van der Waals surface area contributed by atoms with Crippen LogP contribution >= 0.6 is 0 Å². The van der Waals surface area contributed by atoms with Crippen LogP contribution in [-0.2, 0) is 0 Å². The van der Waals surface area contributed by atoms with E-state index in [9.17, 15) is 0 Å². The second-order valence-corrected chi connectivity index (χ2v) is 5.23. The molecule has 17 heavy (non-hydrogen) atoms. The van der Waals surface area contributed by atoms with E-state index in [1.54, 1.807) is 0 Å². The summed E-state index contributed by atoms with van der Waals surface area (Å²) in [7, 11) is 2.18. The van der Waals surface area contributed by atoms with Crippen LogP contribution in [0.25, 0.3) is 0 Å². The molecule has 0 atom stereocenters. The van der Waals surface area contributed by atoms with Gasteiger partial charge in [0.05, 0.1) is 0 Å². The highest BCUT2D eigenvalue weighted by Crippen LogP contribution is 2.10. The van der Waals surface area contributed by atoms with Gasteiger partial charge in [0.25, 0.3) is 0 Å². The first-order valence-corrected chi connectivity index (χ1v) is 7.60. The van der Waals surface area contributed by atoms with Crippen molar-refractivity contribution >= 4 is 0 Å². The minimum atomic E-state index is 1.03. The predicted molar refractivity (Wildman–Crippen MR) is 79.5 cm³/mol. The molecule has 0 aliphatic carbocycles. The molecule has 0 radical (unpaired) electrons. The van der Waals surface area contributed by atoms with Crippen molar-refractivity contribution in [1.82, 2.24) is 4.90 Å². The zero-order chi connectivity index (χ0) is 12.8. The molecule has 0 saturated heterocycles. The summed E-state index contributed by atoms with van der Waals surface area (Å²) in [5.41, 5.74) is 0. The summed E-state index contributed by atoms with van der Waals surface area (Å²) in [6, 6.07) is 0. The highest BCUT2D eigenvalue weighted by Gasteiger charge is 1.95. The van der Waals surface area contributed by atoms with Gasteiger partial charge in [0.15, 0.2) is 0 Å². The van der Waals surface area contributed by atoms with Crippen LogP contribution in [0, 0.1) is 0 Å². The first-order chi connectivity index (χ1) is 8.31. The lowest BCUT2D eigenvalue weighted by atomic mass is 10.1. The number of hydrogen-bond acceptors (Lipinski definition) is 1. The van der Waals surface area contributed by atoms with Gasteiger partial charge >= 0.3 is 0 Å². The van der Waals surface area contributed by atoms with E-state index in [4.69, 9.17) is 0 Å². The molecule has 0 aliphatic rings. The number of rotatable bonds is 13. The summed E-state index contributed by atoms with van der Waals surface area (Å²) in [5.74, 6) is 0. The van der Waals surface area contributed by atoms with Crippen molar-refractivity contribution in [2.75, 3.05) is 20.1 Å². The van der Waals surface area contributed by atoms with Crippen LogP contribution in [-0.4, -0.2) is 25.0 Å². The molecule has 0 fully saturated rings. The van der Waals surface area contributed by atoms with Crippen molar-refractivity contribution in [2.45, 2.75) is 71.1 Å². The molecular formula is C16H33N. The Balaban J connectivity index is 3.00. The highest BCUT2D eigenvalue weighted by atomic mass is 15.1. The smallest absolute Gasteiger partial charge is 0.0157 e. The largest absolute Gasteiger partial charge is 0.303 e. The molecule has 0 rings (SSSR count). The third-order valence-corrected chi connectivity index (χ3v) is 3.33. The first-order valence-electron chi connectivity index (χ1n) is 7.60. The Kier molecular flexibility index (Phi) is 13.5. The third-order valence-electron chi connectivity index (χ3n) is 3.33. The van der Waals surface area contributed by atoms with Gasteiger partial charge in [-0.05, 0) is 20.0 Å². The highest BCUT2D eigenvalue weighted by molar-refractivity contribution is 4.70. The summed E-state index contributed by atoms with van der Waals surface area (Å²) in [5, 5.41) is 0. The molecular weight excluding hydrogens is 206 g/mol. The Morgan fingerprint density at radius 2 is 1.29 bits per heavy atom. The van der Waals surface area contributed by atoms with Crippen molar-refractivity contribution in [2.24, 2.45) is 0 Å². The second-order valence-electron chi connectivity index (χ2n) is 5.23. The van der Waals surface area contributed by atoms with Gasteiger partial charge in [0.1, 0.15) is 0 Å². The first kappa shape index (κ1) is 16.7. The normalized spacial score (nSPS) is 11.0. The number of nitrogens with zero attached hydrogens (tertiary/aromatic N) is 1. The molecule has 0 heterocycles. The SMILES string of the molecule is C=CCN(C)CCCCCCCCCCCC. The van der Waals surface area contributed by atoms with Crippen molar-refractivity contribution in [1.29, 1.82) is 0 Å². The van der Waals surface area contributed by atoms with E-state index in [-0.39, 0.29) is 0 Å². The van der Waals surface area contributed by atoms with Crippen molar-refractivity contribution in [3.63, 3.8) is 0 Å². The zero-order valence-electron chi connectivity index (χ0n) is 12.2. The maximum Gasteiger partial charge on any atom is 0.0157 e. The van der Waals surface area contributed by atoms with Crippen LogP contribution in [0.5, 0.6) is 0 Å². The Morgan fingerprint density at radius 1 is 0.824 bits per heavy atom. The van der Waals surface area contributed by atoms with Crippen LogP contribution in [0.1, 0.15) is 71.1 Å². The molecule has 0 aliphatic heterocycles. The lowest BCUT2D eigenvalue weighted by molar-refractivity contribution is 0.356. The van der Waals surface area contributed by atoms with Crippen molar-refractivity contribution in [3.05, 3.63) is 12.7 Å². The molecule has 0 spiro atoms. The van der Waals surface area contributed by atoms with E-state index in [2.05, 4.69) is 25.5 Å². The van der Waals surface area contributed by atoms with E-state index < -0.39 is 0 Å². The van der Waals surface area contributed by atoms with Gasteiger partial charge in [-0.3, -0.25) is 0 Å².